The molecule has 6 aromatic rings. The van der Waals surface area contributed by atoms with Crippen molar-refractivity contribution in [2.45, 2.75) is 156 Å². The highest BCUT2D eigenvalue weighted by molar-refractivity contribution is 5.93. The van der Waals surface area contributed by atoms with Gasteiger partial charge in [-0.25, -0.2) is 0 Å². The van der Waals surface area contributed by atoms with Crippen molar-refractivity contribution in [3.63, 3.8) is 0 Å². The molecule has 4 N–H and O–H groups in total. The Morgan fingerprint density at radius 1 is 0.386 bits per heavy atom. The van der Waals surface area contributed by atoms with Gasteiger partial charge in [0.25, 0.3) is 0 Å². The highest BCUT2D eigenvalue weighted by atomic mass is 16.5. The van der Waals surface area contributed by atoms with E-state index < -0.39 is 68.2 Å². The van der Waals surface area contributed by atoms with Crippen molar-refractivity contribution in [2.24, 2.45) is 42.6 Å². The quantitative estimate of drug-likeness (QED) is 0.0821. The minimum absolute atomic E-state index is 0.0424. The number of aromatic hydroxyl groups is 4. The summed E-state index contributed by atoms with van der Waals surface area (Å²) < 4.78 is 24.8. The monoisotopic (exact) mass is 1190 g/mol. The molecule has 0 radical (unpaired) electrons. The van der Waals surface area contributed by atoms with Crippen LogP contribution in [0.15, 0.2) is 117 Å². The molecule has 0 aromatic heterocycles. The molecule has 10 rings (SSSR count). The van der Waals surface area contributed by atoms with E-state index >= 15 is 0 Å². The second kappa shape index (κ2) is 23.3. The predicted molar refractivity (Wildman–Crippen MR) is 340 cm³/mol. The highest BCUT2D eigenvalue weighted by Gasteiger charge is 2.73. The number of ether oxygens (including phenoxy) is 4. The lowest BCUT2D eigenvalue weighted by Gasteiger charge is -2.35. The van der Waals surface area contributed by atoms with Gasteiger partial charge in [-0.15, -0.1) is 0 Å². The smallest absolute Gasteiger partial charge is 0.311 e. The van der Waals surface area contributed by atoms with Crippen LogP contribution < -0.4 is 18.9 Å². The zero-order valence-electron chi connectivity index (χ0n) is 52.2. The Bertz CT molecular complexity index is 3930. The van der Waals surface area contributed by atoms with Gasteiger partial charge in [0.15, 0.2) is 0 Å². The number of esters is 4. The van der Waals surface area contributed by atoms with Gasteiger partial charge in [-0.05, 0) is 137 Å². The summed E-state index contributed by atoms with van der Waals surface area (Å²) in [6.07, 6.45) is 6.21. The van der Waals surface area contributed by atoms with Crippen molar-refractivity contribution in [2.75, 3.05) is 0 Å². The van der Waals surface area contributed by atoms with Gasteiger partial charge in [-0.3, -0.25) is 39.1 Å². The van der Waals surface area contributed by atoms with Crippen LogP contribution in [0, 0.1) is 22.7 Å². The van der Waals surface area contributed by atoms with Crippen LogP contribution in [-0.2, 0) is 40.8 Å². The van der Waals surface area contributed by atoms with Crippen molar-refractivity contribution in [3.8, 4) is 46.0 Å². The Morgan fingerprint density at radius 2 is 0.636 bits per heavy atom. The third-order valence-corrected chi connectivity index (χ3v) is 18.1. The van der Waals surface area contributed by atoms with Gasteiger partial charge in [0.05, 0.1) is 22.7 Å². The van der Waals surface area contributed by atoms with Crippen LogP contribution in [0.4, 0.5) is 22.7 Å². The second-order valence-electron chi connectivity index (χ2n) is 27.8. The zero-order chi connectivity index (χ0) is 63.5. The fourth-order valence-corrected chi connectivity index (χ4v) is 13.4. The van der Waals surface area contributed by atoms with Crippen LogP contribution in [-0.4, -0.2) is 69.2 Å². The molecule has 0 spiro atoms. The fourth-order valence-electron chi connectivity index (χ4n) is 13.4. The predicted octanol–water partition coefficient (Wildman–Crippen LogP) is 15.4. The third-order valence-electron chi connectivity index (χ3n) is 18.1. The lowest BCUT2D eigenvalue weighted by molar-refractivity contribution is -0.137. The summed E-state index contributed by atoms with van der Waals surface area (Å²) in [6, 6.07) is 27.0. The molecule has 16 heteroatoms. The minimum Gasteiger partial charge on any atom is -0.507 e. The van der Waals surface area contributed by atoms with E-state index in [9.17, 15) is 39.6 Å². The van der Waals surface area contributed by atoms with Gasteiger partial charge in [0.1, 0.15) is 46.0 Å². The molecule has 88 heavy (non-hydrogen) atoms. The van der Waals surface area contributed by atoms with Gasteiger partial charge < -0.3 is 39.4 Å². The van der Waals surface area contributed by atoms with E-state index in [-0.39, 0.29) is 114 Å². The van der Waals surface area contributed by atoms with E-state index in [0.717, 1.165) is 0 Å². The number of para-hydroxylation sites is 4. The molecule has 3 heterocycles. The first-order valence-electron chi connectivity index (χ1n) is 30.0. The highest BCUT2D eigenvalue weighted by Crippen LogP contribution is 2.76. The number of nitrogens with zero attached hydrogens (tertiary/aromatic N) is 4. The Labute approximate surface area is 514 Å². The number of rotatable bonds is 0. The summed E-state index contributed by atoms with van der Waals surface area (Å²) in [5.41, 5.74) is -0.00809. The number of carbonyl (C=O) groups is 4. The molecule has 3 aliphatic heterocycles. The van der Waals surface area contributed by atoms with Crippen LogP contribution in [0.1, 0.15) is 179 Å². The first-order valence-corrected chi connectivity index (χ1v) is 30.0. The molecular formula is C72H78N4O12. The maximum absolute atomic E-state index is 14.7. The van der Waals surface area contributed by atoms with Crippen molar-refractivity contribution in [3.05, 3.63) is 142 Å². The minimum atomic E-state index is -1.00. The molecule has 1 aliphatic carbocycles. The molecule has 16 nitrogen and oxygen atoms in total. The Hall–Kier alpha value is -8.92. The largest absolute Gasteiger partial charge is 0.507 e. The molecule has 6 aromatic carbocycles. The molecule has 458 valence electrons. The Balaban J connectivity index is 1.16. The van der Waals surface area contributed by atoms with Crippen molar-refractivity contribution in [1.29, 1.82) is 0 Å². The Morgan fingerprint density at radius 3 is 0.898 bits per heavy atom. The van der Waals surface area contributed by atoms with Crippen LogP contribution in [0.5, 0.6) is 46.0 Å². The number of hydrogen-bond acceptors (Lipinski definition) is 16. The van der Waals surface area contributed by atoms with Crippen LogP contribution in [0.2, 0.25) is 0 Å². The summed E-state index contributed by atoms with van der Waals surface area (Å²) in [4.78, 5) is 77.2. The number of fused-ring (bicyclic) bond motifs is 10. The zero-order valence-corrected chi connectivity index (χ0v) is 52.2. The number of benzene rings is 6. The van der Waals surface area contributed by atoms with E-state index in [0.29, 0.717) is 50.6 Å². The van der Waals surface area contributed by atoms with Crippen LogP contribution in [0.25, 0.3) is 0 Å². The lowest BCUT2D eigenvalue weighted by Crippen LogP contribution is -2.30. The number of phenolic OH excluding ortho intramolecular Hbond substituents is 4. The molecule has 9 bridgehead atoms. The van der Waals surface area contributed by atoms with Crippen molar-refractivity contribution in [1.82, 2.24) is 0 Å². The summed E-state index contributed by atoms with van der Waals surface area (Å²) >= 11 is 0. The van der Waals surface area contributed by atoms with Crippen LogP contribution in [0.3, 0.4) is 0 Å². The Kier molecular flexibility index (Phi) is 16.5. The molecule has 0 amide bonds. The average Bonchev–Trinajstić information content (AvgIpc) is 1.52. The molecular weight excluding hydrogens is 1110 g/mol. The summed E-state index contributed by atoms with van der Waals surface area (Å²) in [7, 11) is 0. The normalized spacial score (nSPS) is 24.2. The first-order chi connectivity index (χ1) is 41.3. The maximum Gasteiger partial charge on any atom is 0.311 e. The summed E-state index contributed by atoms with van der Waals surface area (Å²) in [5.74, 6) is -2.80. The van der Waals surface area contributed by atoms with Crippen molar-refractivity contribution < 1.29 is 58.6 Å². The number of carbonyl (C=O) groups excluding carboxylic acids is 4. The first kappa shape index (κ1) is 62.1. The van der Waals surface area contributed by atoms with E-state index in [2.05, 4.69) is 0 Å². The molecule has 5 unspecified atom stereocenters. The molecule has 1 fully saturated rings. The van der Waals surface area contributed by atoms with E-state index in [4.69, 9.17) is 38.9 Å². The number of phenols is 4. The second-order valence-corrected chi connectivity index (χ2v) is 27.8. The fraction of sp³-hybridized carbons (Fsp3) is 0.389. The molecule has 5 atom stereocenters. The number of hydrogen-bond donors (Lipinski definition) is 4. The number of aliphatic imine (C=N–C) groups is 4. The summed E-state index contributed by atoms with van der Waals surface area (Å²) in [5, 5.41) is 48.2. The standard InChI is InChI=1S/C72H78N4O12/c1-67(2,3)49-33-45-29-41(61(49)81)37-73-53-17-13-14-18-54(53)74-38-42-30-46(34-50(62(42)82)68(4,5)6)87-59(79)23-27-71(11)28-24-60(80)88-48-32-44-40-76-56-20-16-15-19-55(56)75-39-43-31-47(35-51(63(43)83)69(7,8)9)86-58(78)22-26-70(10,25-21-57(77)85-45)65-66(71)72(65,12)52(36-48)64(44)84/h13-20,29-40,65-66,81-84H,21-28H2,1-12H3/b73-37+,74-38+,75-39+,76-40+. The van der Waals surface area contributed by atoms with Gasteiger partial charge in [0.2, 0.25) is 0 Å². The van der Waals surface area contributed by atoms with Crippen LogP contribution >= 0.6 is 0 Å². The average molecular weight is 1190 g/mol. The topological polar surface area (TPSA) is 236 Å². The van der Waals surface area contributed by atoms with Gasteiger partial charge >= 0.3 is 23.9 Å². The molecule has 1 saturated carbocycles. The van der Waals surface area contributed by atoms with Gasteiger partial charge in [-0.1, -0.05) is 107 Å². The third kappa shape index (κ3) is 12.7. The van der Waals surface area contributed by atoms with Crippen molar-refractivity contribution >= 4 is 71.5 Å². The molecule has 4 aliphatic rings. The van der Waals surface area contributed by atoms with E-state index in [1.54, 1.807) is 97.1 Å². The van der Waals surface area contributed by atoms with Gasteiger partial charge in [0, 0.05) is 100 Å². The van der Waals surface area contributed by atoms with Gasteiger partial charge in [-0.2, -0.15) is 0 Å². The van der Waals surface area contributed by atoms with E-state index in [1.807, 2.05) is 83.1 Å². The summed E-state index contributed by atoms with van der Waals surface area (Å²) in [6.45, 7) is 23.5. The maximum atomic E-state index is 14.7. The lowest BCUT2D eigenvalue weighted by atomic mass is 9.69. The molecule has 0 saturated heterocycles. The van der Waals surface area contributed by atoms with E-state index in [1.165, 1.54) is 24.9 Å². The SMILES string of the molecule is CC(C)(C)c1cc2cc(c1O)/C=N/c1ccccc1/N=C/c1cc(cc(C(C)(C)C)c1O)OC(=O)CCC1(C)CCC(=O)Oc3cc4c(O)c(c3)C3(C)C(C13)C(C)(CCC(=O)O2)CCC(=O)Oc1cc(c(O)c(C(C)(C)C)c1)/C=N/c1ccccc1/N=C/4.